The molecule has 0 unspecified atom stereocenters. The minimum absolute atomic E-state index is 0.0822. The van der Waals surface area contributed by atoms with Crippen LogP contribution in [0.2, 0.25) is 0 Å². The summed E-state index contributed by atoms with van der Waals surface area (Å²) in [7, 11) is 1.90. The molecule has 30 heavy (non-hydrogen) atoms. The lowest BCUT2D eigenvalue weighted by atomic mass is 9.93. The molecular formula is C23H22N2O5. The van der Waals surface area contributed by atoms with Crippen LogP contribution in [0, 0.1) is 6.92 Å². The molecule has 7 heteroatoms. The highest BCUT2D eigenvalue weighted by atomic mass is 16.5. The summed E-state index contributed by atoms with van der Waals surface area (Å²) < 4.78 is 7.54. The molecule has 2 aromatic carbocycles. The lowest BCUT2D eigenvalue weighted by molar-refractivity contribution is -0.122. The van der Waals surface area contributed by atoms with Crippen molar-refractivity contribution < 1.29 is 24.5 Å². The molecule has 1 aliphatic heterocycles. The fourth-order valence-electron chi connectivity index (χ4n) is 3.79. The average molecular weight is 406 g/mol. The zero-order valence-electron chi connectivity index (χ0n) is 16.7. The summed E-state index contributed by atoms with van der Waals surface area (Å²) in [5.74, 6) is -0.428. The lowest BCUT2D eigenvalue weighted by Crippen LogP contribution is -2.23. The highest BCUT2D eigenvalue weighted by Gasteiger charge is 2.34. The number of carbonyl (C=O) groups excluding carboxylic acids is 2. The molecule has 0 saturated carbocycles. The van der Waals surface area contributed by atoms with Gasteiger partial charge in [-0.3, -0.25) is 14.9 Å². The van der Waals surface area contributed by atoms with E-state index in [1.807, 2.05) is 42.1 Å². The Morgan fingerprint density at radius 1 is 1.03 bits per heavy atom. The first-order chi connectivity index (χ1) is 14.4. The number of carbonyl (C=O) groups is 2. The van der Waals surface area contributed by atoms with Gasteiger partial charge >= 0.3 is 0 Å². The number of nitrogens with zero attached hydrogens (tertiary/aromatic N) is 1. The number of aliphatic hydroxyl groups is 2. The second-order valence-electron chi connectivity index (χ2n) is 7.28. The third-order valence-electron chi connectivity index (χ3n) is 5.29. The smallest absolute Gasteiger partial charge is 0.259 e. The number of fused-ring (bicyclic) bond motifs is 1. The van der Waals surface area contributed by atoms with Gasteiger partial charge < -0.3 is 19.5 Å². The molecule has 0 spiro atoms. The summed E-state index contributed by atoms with van der Waals surface area (Å²) in [5.41, 5.74) is 3.51. The van der Waals surface area contributed by atoms with Gasteiger partial charge in [0.1, 0.15) is 18.5 Å². The van der Waals surface area contributed by atoms with Crippen LogP contribution in [-0.2, 0) is 16.6 Å². The molecule has 1 aliphatic rings. The fraction of sp³-hybridized carbons (Fsp3) is 0.217. The van der Waals surface area contributed by atoms with Crippen molar-refractivity contribution in [1.82, 2.24) is 9.88 Å². The van der Waals surface area contributed by atoms with E-state index >= 15 is 0 Å². The van der Waals surface area contributed by atoms with Gasteiger partial charge in [-0.15, -0.1) is 0 Å². The van der Waals surface area contributed by atoms with Crippen LogP contribution in [0.25, 0.3) is 22.0 Å². The van der Waals surface area contributed by atoms with Crippen LogP contribution in [0.1, 0.15) is 16.7 Å². The zero-order chi connectivity index (χ0) is 21.4. The number of nitrogens with one attached hydrogen (secondary N) is 1. The summed E-state index contributed by atoms with van der Waals surface area (Å²) in [6.45, 7) is 1.30. The minimum atomic E-state index is -1.00. The van der Waals surface area contributed by atoms with E-state index in [4.69, 9.17) is 9.84 Å². The number of aliphatic hydroxyl groups excluding tert-OH is 2. The van der Waals surface area contributed by atoms with Crippen LogP contribution in [0.4, 0.5) is 0 Å². The van der Waals surface area contributed by atoms with E-state index in [1.165, 1.54) is 0 Å². The van der Waals surface area contributed by atoms with Gasteiger partial charge in [-0.1, -0.05) is 30.3 Å². The first-order valence-electron chi connectivity index (χ1n) is 9.58. The Balaban J connectivity index is 1.88. The quantitative estimate of drug-likeness (QED) is 0.542. The Morgan fingerprint density at radius 2 is 1.73 bits per heavy atom. The fourth-order valence-corrected chi connectivity index (χ4v) is 3.79. The summed E-state index contributed by atoms with van der Waals surface area (Å²) in [5, 5.41) is 21.9. The molecule has 2 amide bonds. The SMILES string of the molecule is Cc1c(OC[C@@H](O)CO)cccc1C1=C(c2cn(C)c3ccccc23)C(=O)NC1=O. The van der Waals surface area contributed by atoms with Crippen molar-refractivity contribution in [2.45, 2.75) is 13.0 Å². The van der Waals surface area contributed by atoms with Crippen LogP contribution in [0.15, 0.2) is 48.7 Å². The van der Waals surface area contributed by atoms with Crippen LogP contribution in [0.5, 0.6) is 5.75 Å². The van der Waals surface area contributed by atoms with Crippen molar-refractivity contribution in [1.29, 1.82) is 0 Å². The molecular weight excluding hydrogens is 384 g/mol. The molecule has 2 heterocycles. The van der Waals surface area contributed by atoms with E-state index in [9.17, 15) is 14.7 Å². The highest BCUT2D eigenvalue weighted by molar-refractivity contribution is 6.50. The van der Waals surface area contributed by atoms with E-state index in [0.29, 0.717) is 33.6 Å². The predicted molar refractivity (Wildman–Crippen MR) is 113 cm³/mol. The molecule has 4 rings (SSSR count). The zero-order valence-corrected chi connectivity index (χ0v) is 16.7. The standard InChI is InChI=1S/C23H22N2O5/c1-13-15(7-5-9-19(13)30-12-14(27)11-26)20-21(23(29)24-22(20)28)17-10-25(2)18-8-4-3-6-16(17)18/h3-10,14,26-27H,11-12H2,1-2H3,(H,24,28,29)/t14-/m0/s1. The number of ether oxygens (including phenoxy) is 1. The number of hydrogen-bond acceptors (Lipinski definition) is 5. The average Bonchev–Trinajstić information content (AvgIpc) is 3.22. The number of benzene rings is 2. The number of amides is 2. The maximum absolute atomic E-state index is 12.8. The topological polar surface area (TPSA) is 101 Å². The molecule has 3 N–H and O–H groups in total. The number of aromatic nitrogens is 1. The normalized spacial score (nSPS) is 15.1. The minimum Gasteiger partial charge on any atom is -0.491 e. The van der Waals surface area contributed by atoms with E-state index in [2.05, 4.69) is 5.32 Å². The number of aryl methyl sites for hydroxylation is 1. The molecule has 1 atom stereocenters. The maximum atomic E-state index is 12.8. The predicted octanol–water partition coefficient (Wildman–Crippen LogP) is 1.79. The molecule has 0 saturated heterocycles. The van der Waals surface area contributed by atoms with Gasteiger partial charge in [0.15, 0.2) is 0 Å². The second kappa shape index (κ2) is 7.78. The molecule has 154 valence electrons. The third-order valence-corrected chi connectivity index (χ3v) is 5.29. The summed E-state index contributed by atoms with van der Waals surface area (Å²) in [4.78, 5) is 25.6. The number of rotatable bonds is 6. The van der Waals surface area contributed by atoms with E-state index in [1.54, 1.807) is 25.1 Å². The van der Waals surface area contributed by atoms with Crippen molar-refractivity contribution in [2.75, 3.05) is 13.2 Å². The van der Waals surface area contributed by atoms with Crippen LogP contribution in [-0.4, -0.2) is 45.9 Å². The molecule has 7 nitrogen and oxygen atoms in total. The van der Waals surface area contributed by atoms with Gasteiger partial charge in [-0.2, -0.15) is 0 Å². The van der Waals surface area contributed by atoms with Gasteiger partial charge in [0.05, 0.1) is 17.8 Å². The van der Waals surface area contributed by atoms with Crippen molar-refractivity contribution >= 4 is 33.9 Å². The van der Waals surface area contributed by atoms with Gasteiger partial charge in [0.2, 0.25) is 0 Å². The number of imide groups is 1. The molecule has 1 aromatic heterocycles. The molecule has 0 radical (unpaired) electrons. The Labute approximate surface area is 173 Å². The summed E-state index contributed by atoms with van der Waals surface area (Å²) in [6.07, 6.45) is 0.848. The first-order valence-corrected chi connectivity index (χ1v) is 9.58. The second-order valence-corrected chi connectivity index (χ2v) is 7.28. The Morgan fingerprint density at radius 3 is 2.47 bits per heavy atom. The lowest BCUT2D eigenvalue weighted by Gasteiger charge is -2.15. The Bertz CT molecular complexity index is 1190. The van der Waals surface area contributed by atoms with Crippen LogP contribution in [0.3, 0.4) is 0 Å². The van der Waals surface area contributed by atoms with E-state index in [-0.39, 0.29) is 6.61 Å². The highest BCUT2D eigenvalue weighted by Crippen LogP contribution is 2.38. The molecule has 0 aliphatic carbocycles. The van der Waals surface area contributed by atoms with Gasteiger partial charge in [-0.05, 0) is 30.2 Å². The summed E-state index contributed by atoms with van der Waals surface area (Å²) in [6, 6.07) is 12.9. The van der Waals surface area contributed by atoms with Crippen molar-refractivity contribution in [2.24, 2.45) is 7.05 Å². The van der Waals surface area contributed by atoms with Crippen LogP contribution < -0.4 is 10.1 Å². The molecule has 0 fully saturated rings. The number of hydrogen-bond donors (Lipinski definition) is 3. The van der Waals surface area contributed by atoms with Gasteiger partial charge in [-0.25, -0.2) is 0 Å². The molecule has 0 bridgehead atoms. The third kappa shape index (κ3) is 3.28. The summed E-state index contributed by atoms with van der Waals surface area (Å²) >= 11 is 0. The van der Waals surface area contributed by atoms with E-state index < -0.39 is 24.5 Å². The Kier molecular flexibility index (Phi) is 5.15. The Hall–Kier alpha value is -3.42. The largest absolute Gasteiger partial charge is 0.491 e. The molecule has 3 aromatic rings. The van der Waals surface area contributed by atoms with Gasteiger partial charge in [0, 0.05) is 29.7 Å². The van der Waals surface area contributed by atoms with E-state index in [0.717, 1.165) is 10.9 Å². The monoisotopic (exact) mass is 406 g/mol. The maximum Gasteiger partial charge on any atom is 0.259 e. The number of para-hydroxylation sites is 1. The van der Waals surface area contributed by atoms with Crippen molar-refractivity contribution in [3.63, 3.8) is 0 Å². The first kappa shape index (κ1) is 19.9. The van der Waals surface area contributed by atoms with Gasteiger partial charge in [0.25, 0.3) is 11.8 Å². The van der Waals surface area contributed by atoms with Crippen molar-refractivity contribution in [3.05, 3.63) is 65.4 Å². The van der Waals surface area contributed by atoms with Crippen LogP contribution >= 0.6 is 0 Å². The van der Waals surface area contributed by atoms with Crippen molar-refractivity contribution in [3.8, 4) is 5.75 Å².